The van der Waals surface area contributed by atoms with Crippen molar-refractivity contribution in [2.75, 3.05) is 4.72 Å². The topological polar surface area (TPSA) is 64.6 Å². The predicted molar refractivity (Wildman–Crippen MR) is 102 cm³/mol. The summed E-state index contributed by atoms with van der Waals surface area (Å²) in [6.07, 6.45) is 1.67. The first-order chi connectivity index (χ1) is 12.1. The fraction of sp³-hybridized carbons (Fsp3) is 0.400. The summed E-state index contributed by atoms with van der Waals surface area (Å²) >= 11 is 0. The quantitative estimate of drug-likeness (QED) is 0.842. The highest BCUT2D eigenvalue weighted by molar-refractivity contribution is 7.92. The second-order valence-corrected chi connectivity index (χ2v) is 9.11. The minimum atomic E-state index is -3.68. The van der Waals surface area contributed by atoms with Gasteiger partial charge in [0.25, 0.3) is 10.0 Å². The lowest BCUT2D eigenvalue weighted by Crippen LogP contribution is -2.32. The molecule has 2 aromatic carbocycles. The monoisotopic (exact) mass is 375 g/mol. The molecule has 6 heteroatoms. The molecule has 0 aromatic heterocycles. The van der Waals surface area contributed by atoms with Crippen molar-refractivity contribution in [2.45, 2.75) is 57.1 Å². The lowest BCUT2D eigenvalue weighted by atomic mass is 9.94. The highest BCUT2D eigenvalue weighted by Crippen LogP contribution is 2.34. The normalized spacial score (nSPS) is 15.9. The molecule has 0 bridgehead atoms. The van der Waals surface area contributed by atoms with E-state index in [4.69, 9.17) is 9.47 Å². The van der Waals surface area contributed by atoms with E-state index in [1.54, 1.807) is 42.5 Å². The van der Waals surface area contributed by atoms with Gasteiger partial charge in [-0.3, -0.25) is 4.72 Å². The zero-order valence-electron chi connectivity index (χ0n) is 15.6. The number of hydrogen-bond donors (Lipinski definition) is 1. The number of anilines is 1. The number of hydrogen-bond acceptors (Lipinski definition) is 4. The van der Waals surface area contributed by atoms with Crippen LogP contribution in [0.3, 0.4) is 0 Å². The molecule has 0 saturated carbocycles. The molecule has 1 N–H and O–H groups in total. The molecule has 1 heterocycles. The van der Waals surface area contributed by atoms with Crippen LogP contribution in [-0.2, 0) is 16.4 Å². The van der Waals surface area contributed by atoms with Crippen molar-refractivity contribution < 1.29 is 17.9 Å². The third-order valence-electron chi connectivity index (χ3n) is 4.18. The summed E-state index contributed by atoms with van der Waals surface area (Å²) in [5, 5.41) is 0. The van der Waals surface area contributed by atoms with Crippen LogP contribution in [0.15, 0.2) is 47.4 Å². The summed E-state index contributed by atoms with van der Waals surface area (Å²) in [5.74, 6) is 1.38. The molecule has 0 unspecified atom stereocenters. The van der Waals surface area contributed by atoms with Gasteiger partial charge in [0.1, 0.15) is 17.1 Å². The molecule has 1 aliphatic rings. The Labute approximate surface area is 155 Å². The third-order valence-corrected chi connectivity index (χ3v) is 5.56. The van der Waals surface area contributed by atoms with Crippen molar-refractivity contribution in [1.29, 1.82) is 0 Å². The van der Waals surface area contributed by atoms with E-state index >= 15 is 0 Å². The van der Waals surface area contributed by atoms with Crippen molar-refractivity contribution in [1.82, 2.24) is 0 Å². The Morgan fingerprint density at radius 2 is 1.92 bits per heavy atom. The van der Waals surface area contributed by atoms with Crippen molar-refractivity contribution in [3.63, 3.8) is 0 Å². The molecule has 5 nitrogen and oxygen atoms in total. The van der Waals surface area contributed by atoms with Crippen LogP contribution in [-0.4, -0.2) is 20.1 Å². The number of rotatable bonds is 5. The van der Waals surface area contributed by atoms with E-state index < -0.39 is 10.0 Å². The first-order valence-electron chi connectivity index (χ1n) is 8.76. The SMILES string of the molecule is CC(C)Oc1cccc(NS(=O)(=O)c2ccc3c(c2)CCC(C)(C)O3)c1. The molecule has 2 aromatic rings. The number of ether oxygens (including phenoxy) is 2. The molecule has 0 radical (unpaired) electrons. The van der Waals surface area contributed by atoms with Crippen molar-refractivity contribution in [3.05, 3.63) is 48.0 Å². The summed E-state index contributed by atoms with van der Waals surface area (Å²) < 4.78 is 39.7. The van der Waals surface area contributed by atoms with E-state index in [2.05, 4.69) is 4.72 Å². The van der Waals surface area contributed by atoms with Crippen LogP contribution in [0.4, 0.5) is 5.69 Å². The number of sulfonamides is 1. The summed E-state index contributed by atoms with van der Waals surface area (Å²) in [6, 6.07) is 12.0. The maximum Gasteiger partial charge on any atom is 0.261 e. The van der Waals surface area contributed by atoms with Gasteiger partial charge in [-0.2, -0.15) is 0 Å². The minimum absolute atomic E-state index is 0.0201. The Morgan fingerprint density at radius 3 is 2.65 bits per heavy atom. The highest BCUT2D eigenvalue weighted by Gasteiger charge is 2.27. The van der Waals surface area contributed by atoms with Crippen LogP contribution in [0, 0.1) is 0 Å². The molecular weight excluding hydrogens is 350 g/mol. The molecule has 3 rings (SSSR count). The fourth-order valence-electron chi connectivity index (χ4n) is 2.92. The van der Waals surface area contributed by atoms with Crippen LogP contribution in [0.5, 0.6) is 11.5 Å². The summed E-state index contributed by atoms with van der Waals surface area (Å²) in [4.78, 5) is 0.231. The van der Waals surface area contributed by atoms with Gasteiger partial charge in [0, 0.05) is 6.07 Å². The highest BCUT2D eigenvalue weighted by atomic mass is 32.2. The van der Waals surface area contributed by atoms with Crippen LogP contribution in [0.1, 0.15) is 39.7 Å². The number of aryl methyl sites for hydroxylation is 1. The standard InChI is InChI=1S/C20H25NO4S/c1-14(2)24-17-7-5-6-16(13-17)21-26(22,23)18-8-9-19-15(12-18)10-11-20(3,4)25-19/h5-9,12-14,21H,10-11H2,1-4H3. The maximum absolute atomic E-state index is 12.8. The van der Waals surface area contributed by atoms with E-state index in [0.29, 0.717) is 11.4 Å². The lowest BCUT2D eigenvalue weighted by Gasteiger charge is -2.32. The van der Waals surface area contributed by atoms with Gasteiger partial charge in [0.05, 0.1) is 16.7 Å². The Hall–Kier alpha value is -2.21. The lowest BCUT2D eigenvalue weighted by molar-refractivity contribution is 0.0845. The van der Waals surface area contributed by atoms with Gasteiger partial charge >= 0.3 is 0 Å². The van der Waals surface area contributed by atoms with E-state index in [-0.39, 0.29) is 16.6 Å². The van der Waals surface area contributed by atoms with E-state index in [1.165, 1.54) is 0 Å². The largest absolute Gasteiger partial charge is 0.491 e. The second-order valence-electron chi connectivity index (χ2n) is 7.43. The van der Waals surface area contributed by atoms with Gasteiger partial charge in [-0.1, -0.05) is 6.07 Å². The average molecular weight is 375 g/mol. The minimum Gasteiger partial charge on any atom is -0.491 e. The zero-order chi connectivity index (χ0) is 18.9. The Balaban J connectivity index is 1.83. The molecule has 0 aliphatic carbocycles. The summed E-state index contributed by atoms with van der Waals surface area (Å²) in [5.41, 5.74) is 1.17. The smallest absolute Gasteiger partial charge is 0.261 e. The number of benzene rings is 2. The van der Waals surface area contributed by atoms with Crippen molar-refractivity contribution in [2.24, 2.45) is 0 Å². The molecular formula is C20H25NO4S. The first-order valence-corrected chi connectivity index (χ1v) is 10.2. The van der Waals surface area contributed by atoms with Gasteiger partial charge in [-0.15, -0.1) is 0 Å². The second kappa shape index (κ2) is 6.83. The molecule has 1 aliphatic heterocycles. The van der Waals surface area contributed by atoms with Gasteiger partial charge in [-0.05, 0) is 76.4 Å². The van der Waals surface area contributed by atoms with E-state index in [9.17, 15) is 8.42 Å². The Bertz CT molecular complexity index is 904. The number of fused-ring (bicyclic) bond motifs is 1. The molecule has 0 atom stereocenters. The summed E-state index contributed by atoms with van der Waals surface area (Å²) in [7, 11) is -3.68. The van der Waals surface area contributed by atoms with Crippen molar-refractivity contribution in [3.8, 4) is 11.5 Å². The molecule has 0 fully saturated rings. The average Bonchev–Trinajstić information content (AvgIpc) is 2.52. The maximum atomic E-state index is 12.8. The van der Waals surface area contributed by atoms with Crippen LogP contribution >= 0.6 is 0 Å². The third kappa shape index (κ3) is 4.30. The zero-order valence-corrected chi connectivity index (χ0v) is 16.4. The van der Waals surface area contributed by atoms with Gasteiger partial charge in [0.2, 0.25) is 0 Å². The van der Waals surface area contributed by atoms with Crippen LogP contribution in [0.2, 0.25) is 0 Å². The van der Waals surface area contributed by atoms with E-state index in [1.807, 2.05) is 27.7 Å². The van der Waals surface area contributed by atoms with Crippen LogP contribution in [0.25, 0.3) is 0 Å². The van der Waals surface area contributed by atoms with Gasteiger partial charge in [0.15, 0.2) is 0 Å². The number of nitrogens with one attached hydrogen (secondary N) is 1. The first kappa shape index (κ1) is 18.6. The van der Waals surface area contributed by atoms with Gasteiger partial charge < -0.3 is 9.47 Å². The molecule has 0 saturated heterocycles. The summed E-state index contributed by atoms with van der Waals surface area (Å²) in [6.45, 7) is 7.92. The fourth-order valence-corrected chi connectivity index (χ4v) is 4.02. The molecule has 0 spiro atoms. The Morgan fingerprint density at radius 1 is 1.15 bits per heavy atom. The predicted octanol–water partition coefficient (Wildman–Crippen LogP) is 4.38. The Kier molecular flexibility index (Phi) is 4.88. The van der Waals surface area contributed by atoms with Crippen molar-refractivity contribution >= 4 is 15.7 Å². The molecule has 26 heavy (non-hydrogen) atoms. The van der Waals surface area contributed by atoms with Crippen LogP contribution < -0.4 is 14.2 Å². The molecule has 140 valence electrons. The van der Waals surface area contributed by atoms with E-state index in [0.717, 1.165) is 24.2 Å². The van der Waals surface area contributed by atoms with Gasteiger partial charge in [-0.25, -0.2) is 8.42 Å². The molecule has 0 amide bonds.